The second-order valence-electron chi connectivity index (χ2n) is 3.93. The smallest absolute Gasteiger partial charge is 0.191 e. The molecule has 0 unspecified atom stereocenters. The summed E-state index contributed by atoms with van der Waals surface area (Å²) in [6.45, 7) is 1.86. The van der Waals surface area contributed by atoms with Gasteiger partial charge in [0, 0.05) is 12.6 Å². The highest BCUT2D eigenvalue weighted by atomic mass is 35.5. The van der Waals surface area contributed by atoms with E-state index < -0.39 is 0 Å². The molecule has 0 spiro atoms. The third-order valence-corrected chi connectivity index (χ3v) is 4.39. The van der Waals surface area contributed by atoms with E-state index in [1.807, 2.05) is 18.5 Å². The average molecular weight is 316 g/mol. The maximum absolute atomic E-state index is 12.0. The van der Waals surface area contributed by atoms with Crippen molar-refractivity contribution in [1.29, 1.82) is 0 Å². The largest absolute Gasteiger partial charge is 0.309 e. The first-order valence-electron chi connectivity index (χ1n) is 5.46. The molecule has 1 aromatic carbocycles. The van der Waals surface area contributed by atoms with E-state index in [1.54, 1.807) is 18.2 Å². The molecule has 0 radical (unpaired) electrons. The molecule has 1 aromatic heterocycles. The molecule has 0 aliphatic heterocycles. The van der Waals surface area contributed by atoms with Gasteiger partial charge in [0.1, 0.15) is 5.82 Å². The Hall–Kier alpha value is -1.04. The molecule has 0 atom stereocenters. The van der Waals surface area contributed by atoms with E-state index in [2.05, 4.69) is 10.2 Å². The van der Waals surface area contributed by atoms with Gasteiger partial charge in [-0.15, -0.1) is 10.2 Å². The van der Waals surface area contributed by atoms with E-state index in [0.717, 1.165) is 5.82 Å². The van der Waals surface area contributed by atoms with Crippen molar-refractivity contribution in [2.24, 2.45) is 7.05 Å². The molecule has 0 fully saturated rings. The van der Waals surface area contributed by atoms with E-state index in [0.29, 0.717) is 20.8 Å². The molecule has 1 heterocycles. The second kappa shape index (κ2) is 5.94. The maximum Gasteiger partial charge on any atom is 0.191 e. The number of halogens is 2. The van der Waals surface area contributed by atoms with Crippen LogP contribution in [0.4, 0.5) is 0 Å². The SMILES string of the molecule is Cc1nnc(SCC(=O)c2ccc(Cl)c(Cl)c2)n1C. The van der Waals surface area contributed by atoms with Crippen molar-refractivity contribution in [3.05, 3.63) is 39.6 Å². The molecule has 4 nitrogen and oxygen atoms in total. The summed E-state index contributed by atoms with van der Waals surface area (Å²) >= 11 is 13.0. The number of carbonyl (C=O) groups is 1. The highest BCUT2D eigenvalue weighted by molar-refractivity contribution is 7.99. The van der Waals surface area contributed by atoms with E-state index in [-0.39, 0.29) is 11.5 Å². The van der Waals surface area contributed by atoms with Crippen LogP contribution in [-0.4, -0.2) is 26.3 Å². The van der Waals surface area contributed by atoms with Crippen molar-refractivity contribution in [1.82, 2.24) is 14.8 Å². The second-order valence-corrected chi connectivity index (χ2v) is 5.69. The zero-order valence-electron chi connectivity index (χ0n) is 10.4. The van der Waals surface area contributed by atoms with Crippen LogP contribution in [0, 0.1) is 6.92 Å². The van der Waals surface area contributed by atoms with Gasteiger partial charge >= 0.3 is 0 Å². The summed E-state index contributed by atoms with van der Waals surface area (Å²) < 4.78 is 1.84. The van der Waals surface area contributed by atoms with Crippen molar-refractivity contribution in [2.75, 3.05) is 5.75 Å². The number of nitrogens with zero attached hydrogens (tertiary/aromatic N) is 3. The molecular formula is C12H11Cl2N3OS. The number of aryl methyl sites for hydroxylation is 1. The van der Waals surface area contributed by atoms with E-state index in [1.165, 1.54) is 11.8 Å². The van der Waals surface area contributed by atoms with Crippen LogP contribution in [0.1, 0.15) is 16.2 Å². The van der Waals surface area contributed by atoms with Crippen molar-refractivity contribution in [3.63, 3.8) is 0 Å². The maximum atomic E-state index is 12.0. The van der Waals surface area contributed by atoms with Crippen LogP contribution in [0.25, 0.3) is 0 Å². The van der Waals surface area contributed by atoms with E-state index >= 15 is 0 Å². The highest BCUT2D eigenvalue weighted by Crippen LogP contribution is 2.24. The Morgan fingerprint density at radius 3 is 2.63 bits per heavy atom. The number of aromatic nitrogens is 3. The van der Waals surface area contributed by atoms with E-state index in [9.17, 15) is 4.79 Å². The summed E-state index contributed by atoms with van der Waals surface area (Å²) in [5.74, 6) is 1.07. The number of benzene rings is 1. The lowest BCUT2D eigenvalue weighted by atomic mass is 10.1. The fourth-order valence-electron chi connectivity index (χ4n) is 1.40. The number of hydrogen-bond donors (Lipinski definition) is 0. The average Bonchev–Trinajstić information content (AvgIpc) is 2.70. The molecule has 100 valence electrons. The number of carbonyl (C=O) groups excluding carboxylic acids is 1. The quantitative estimate of drug-likeness (QED) is 0.641. The summed E-state index contributed by atoms with van der Waals surface area (Å²) in [6, 6.07) is 4.86. The lowest BCUT2D eigenvalue weighted by Crippen LogP contribution is -2.04. The van der Waals surface area contributed by atoms with Gasteiger partial charge in [-0.3, -0.25) is 4.79 Å². The van der Waals surface area contributed by atoms with Gasteiger partial charge in [-0.25, -0.2) is 0 Å². The fraction of sp³-hybridized carbons (Fsp3) is 0.250. The lowest BCUT2D eigenvalue weighted by Gasteiger charge is -2.03. The Morgan fingerprint density at radius 2 is 2.05 bits per heavy atom. The first kappa shape index (κ1) is 14.4. The lowest BCUT2D eigenvalue weighted by molar-refractivity contribution is 0.102. The molecule has 7 heteroatoms. The topological polar surface area (TPSA) is 47.8 Å². The minimum Gasteiger partial charge on any atom is -0.309 e. The van der Waals surface area contributed by atoms with Crippen molar-refractivity contribution < 1.29 is 4.79 Å². The van der Waals surface area contributed by atoms with Crippen molar-refractivity contribution in [3.8, 4) is 0 Å². The van der Waals surface area contributed by atoms with Gasteiger partial charge in [0.15, 0.2) is 10.9 Å². The predicted molar refractivity (Wildman–Crippen MR) is 77.3 cm³/mol. The predicted octanol–water partition coefficient (Wildman–Crippen LogP) is 3.41. The Labute approximate surface area is 125 Å². The Kier molecular flexibility index (Phi) is 4.50. The van der Waals surface area contributed by atoms with Crippen molar-refractivity contribution >= 4 is 40.7 Å². The molecule has 0 aliphatic rings. The number of Topliss-reactive ketones (excluding diaryl/α,β-unsaturated/α-hetero) is 1. The Bertz CT molecular complexity index is 627. The standard InChI is InChI=1S/C12H11Cl2N3OS/c1-7-15-16-12(17(7)2)19-6-11(18)8-3-4-9(13)10(14)5-8/h3-5H,6H2,1-2H3. The van der Waals surface area contributed by atoms with Gasteiger partial charge in [-0.05, 0) is 25.1 Å². The summed E-state index contributed by atoms with van der Waals surface area (Å²) in [5.41, 5.74) is 0.542. The first-order valence-corrected chi connectivity index (χ1v) is 7.20. The zero-order valence-corrected chi connectivity index (χ0v) is 12.7. The highest BCUT2D eigenvalue weighted by Gasteiger charge is 2.12. The first-order chi connectivity index (χ1) is 8.99. The normalized spacial score (nSPS) is 10.7. The molecule has 0 amide bonds. The van der Waals surface area contributed by atoms with E-state index in [4.69, 9.17) is 23.2 Å². The molecule has 0 saturated heterocycles. The number of ketones is 1. The third kappa shape index (κ3) is 3.29. The van der Waals surface area contributed by atoms with Crippen LogP contribution < -0.4 is 0 Å². The van der Waals surface area contributed by atoms with Gasteiger partial charge in [0.2, 0.25) is 0 Å². The molecule has 0 aliphatic carbocycles. The summed E-state index contributed by atoms with van der Waals surface area (Å²) in [5, 5.41) is 9.46. The molecular weight excluding hydrogens is 305 g/mol. The molecule has 0 saturated carbocycles. The Morgan fingerprint density at radius 1 is 1.32 bits per heavy atom. The number of thioether (sulfide) groups is 1. The number of rotatable bonds is 4. The minimum absolute atomic E-state index is 0.0239. The van der Waals surface area contributed by atoms with Crippen molar-refractivity contribution in [2.45, 2.75) is 12.1 Å². The number of hydrogen-bond acceptors (Lipinski definition) is 4. The van der Waals surface area contributed by atoms with Gasteiger partial charge in [0.05, 0.1) is 15.8 Å². The summed E-state index contributed by atoms with van der Waals surface area (Å²) in [6.07, 6.45) is 0. The molecule has 19 heavy (non-hydrogen) atoms. The fourth-order valence-corrected chi connectivity index (χ4v) is 2.55. The van der Waals surface area contributed by atoms with Crippen LogP contribution in [0.3, 0.4) is 0 Å². The van der Waals surface area contributed by atoms with Crippen LogP contribution >= 0.6 is 35.0 Å². The third-order valence-electron chi connectivity index (χ3n) is 2.63. The molecule has 2 rings (SSSR count). The van der Waals surface area contributed by atoms with Gasteiger partial charge in [-0.1, -0.05) is 35.0 Å². The molecule has 0 bridgehead atoms. The van der Waals surface area contributed by atoms with Crippen LogP contribution in [-0.2, 0) is 7.05 Å². The van der Waals surface area contributed by atoms with Crippen LogP contribution in [0.15, 0.2) is 23.4 Å². The summed E-state index contributed by atoms with van der Waals surface area (Å²) in [7, 11) is 1.86. The molecule has 0 N–H and O–H groups in total. The summed E-state index contributed by atoms with van der Waals surface area (Å²) in [4.78, 5) is 12.0. The Balaban J connectivity index is 2.05. The van der Waals surface area contributed by atoms with Gasteiger partial charge < -0.3 is 4.57 Å². The van der Waals surface area contributed by atoms with Gasteiger partial charge in [0.25, 0.3) is 0 Å². The minimum atomic E-state index is -0.0239. The molecule has 2 aromatic rings. The van der Waals surface area contributed by atoms with Gasteiger partial charge in [-0.2, -0.15) is 0 Å². The van der Waals surface area contributed by atoms with Crippen LogP contribution in [0.5, 0.6) is 0 Å². The monoisotopic (exact) mass is 315 g/mol. The zero-order chi connectivity index (χ0) is 14.0. The van der Waals surface area contributed by atoms with Crippen LogP contribution in [0.2, 0.25) is 10.0 Å².